The van der Waals surface area contributed by atoms with Gasteiger partial charge in [0.1, 0.15) is 0 Å². The minimum Gasteiger partial charge on any atom is -0.463 e. The molecule has 0 spiro atoms. The number of carbonyl (C=O) groups is 1. The van der Waals surface area contributed by atoms with Crippen LogP contribution < -0.4 is 0 Å². The van der Waals surface area contributed by atoms with Gasteiger partial charge in [0.15, 0.2) is 0 Å². The average Bonchev–Trinajstić information content (AvgIpc) is 2.47. The molecular formula is C14H15NO2. The maximum atomic E-state index is 11.8. The predicted molar refractivity (Wildman–Crippen MR) is 68.4 cm³/mol. The van der Waals surface area contributed by atoms with Crippen LogP contribution in [0.4, 0.5) is 5.69 Å². The summed E-state index contributed by atoms with van der Waals surface area (Å²) in [4.78, 5) is 16.2. The molecule has 0 atom stereocenters. The number of fused-ring (bicyclic) bond motifs is 1. The van der Waals surface area contributed by atoms with E-state index in [4.69, 9.17) is 4.74 Å². The van der Waals surface area contributed by atoms with Crippen molar-refractivity contribution in [2.45, 2.75) is 20.3 Å². The number of hydrogen-bond donors (Lipinski definition) is 0. The fourth-order valence-electron chi connectivity index (χ4n) is 1.83. The third-order valence-corrected chi connectivity index (χ3v) is 2.56. The van der Waals surface area contributed by atoms with Crippen molar-refractivity contribution in [3.05, 3.63) is 35.4 Å². The van der Waals surface area contributed by atoms with Gasteiger partial charge >= 0.3 is 5.97 Å². The summed E-state index contributed by atoms with van der Waals surface area (Å²) < 4.78 is 5.04. The van der Waals surface area contributed by atoms with Crippen molar-refractivity contribution < 1.29 is 9.53 Å². The van der Waals surface area contributed by atoms with E-state index in [0.29, 0.717) is 18.6 Å². The quantitative estimate of drug-likeness (QED) is 0.731. The van der Waals surface area contributed by atoms with E-state index in [1.165, 1.54) is 0 Å². The summed E-state index contributed by atoms with van der Waals surface area (Å²) in [6, 6.07) is 7.78. The summed E-state index contributed by atoms with van der Waals surface area (Å²) in [5, 5.41) is 0. The highest BCUT2D eigenvalue weighted by Crippen LogP contribution is 2.26. The summed E-state index contributed by atoms with van der Waals surface area (Å²) >= 11 is 0. The monoisotopic (exact) mass is 229 g/mol. The van der Waals surface area contributed by atoms with E-state index in [0.717, 1.165) is 17.0 Å². The van der Waals surface area contributed by atoms with Gasteiger partial charge in [0, 0.05) is 23.3 Å². The minimum absolute atomic E-state index is 0.251. The molecule has 1 aliphatic heterocycles. The van der Waals surface area contributed by atoms with E-state index in [1.807, 2.05) is 44.2 Å². The van der Waals surface area contributed by atoms with Gasteiger partial charge in [0.2, 0.25) is 0 Å². The topological polar surface area (TPSA) is 38.7 Å². The molecule has 1 aromatic rings. The van der Waals surface area contributed by atoms with Crippen molar-refractivity contribution in [2.75, 3.05) is 6.61 Å². The highest BCUT2D eigenvalue weighted by Gasteiger charge is 2.15. The average molecular weight is 229 g/mol. The van der Waals surface area contributed by atoms with Crippen LogP contribution in [0.3, 0.4) is 0 Å². The molecule has 0 fully saturated rings. The summed E-state index contributed by atoms with van der Waals surface area (Å²) in [5.74, 6) is -0.251. The van der Waals surface area contributed by atoms with Gasteiger partial charge in [-0.1, -0.05) is 18.2 Å². The van der Waals surface area contributed by atoms with E-state index in [9.17, 15) is 4.79 Å². The second-order valence-electron chi connectivity index (χ2n) is 3.97. The summed E-state index contributed by atoms with van der Waals surface area (Å²) in [7, 11) is 0. The first-order chi connectivity index (χ1) is 8.20. The number of benzene rings is 1. The van der Waals surface area contributed by atoms with Crippen LogP contribution in [0.5, 0.6) is 0 Å². The van der Waals surface area contributed by atoms with E-state index in [-0.39, 0.29) is 5.97 Å². The lowest BCUT2D eigenvalue weighted by molar-refractivity contribution is -0.138. The smallest absolute Gasteiger partial charge is 0.334 e. The number of esters is 1. The summed E-state index contributed by atoms with van der Waals surface area (Å²) in [6.07, 6.45) is 2.42. The van der Waals surface area contributed by atoms with Crippen LogP contribution >= 0.6 is 0 Å². The maximum absolute atomic E-state index is 11.8. The Balaban J connectivity index is 2.41. The van der Waals surface area contributed by atoms with Gasteiger partial charge in [0.25, 0.3) is 0 Å². The van der Waals surface area contributed by atoms with Crippen LogP contribution in [-0.4, -0.2) is 18.3 Å². The Morgan fingerprint density at radius 1 is 1.41 bits per heavy atom. The molecule has 2 rings (SSSR count). The lowest BCUT2D eigenvalue weighted by Gasteiger charge is -2.04. The molecule has 0 saturated heterocycles. The molecule has 3 nitrogen and oxygen atoms in total. The molecule has 1 aromatic carbocycles. The van der Waals surface area contributed by atoms with Gasteiger partial charge in [-0.3, -0.25) is 4.99 Å². The van der Waals surface area contributed by atoms with Crippen LogP contribution in [0, 0.1) is 0 Å². The van der Waals surface area contributed by atoms with E-state index in [2.05, 4.69) is 4.99 Å². The number of nitrogens with zero attached hydrogens (tertiary/aromatic N) is 1. The van der Waals surface area contributed by atoms with Crippen molar-refractivity contribution in [3.63, 3.8) is 0 Å². The molecule has 0 amide bonds. The number of aliphatic imine (C=N–C) groups is 1. The lowest BCUT2D eigenvalue weighted by atomic mass is 10.1. The molecule has 88 valence electrons. The lowest BCUT2D eigenvalue weighted by Crippen LogP contribution is -2.09. The van der Waals surface area contributed by atoms with Gasteiger partial charge in [-0.2, -0.15) is 0 Å². The molecule has 0 N–H and O–H groups in total. The zero-order valence-electron chi connectivity index (χ0n) is 10.1. The summed E-state index contributed by atoms with van der Waals surface area (Å²) in [5.41, 5.74) is 3.46. The zero-order chi connectivity index (χ0) is 12.3. The fraction of sp³-hybridized carbons (Fsp3) is 0.286. The van der Waals surface area contributed by atoms with E-state index < -0.39 is 0 Å². The van der Waals surface area contributed by atoms with Gasteiger partial charge < -0.3 is 4.74 Å². The van der Waals surface area contributed by atoms with Crippen molar-refractivity contribution in [3.8, 4) is 0 Å². The van der Waals surface area contributed by atoms with Gasteiger partial charge in [0.05, 0.1) is 12.3 Å². The maximum Gasteiger partial charge on any atom is 0.334 e. The highest BCUT2D eigenvalue weighted by molar-refractivity contribution is 6.03. The van der Waals surface area contributed by atoms with Gasteiger partial charge in [-0.25, -0.2) is 4.79 Å². The Labute approximate surface area is 101 Å². The Morgan fingerprint density at radius 3 is 2.94 bits per heavy atom. The summed E-state index contributed by atoms with van der Waals surface area (Å²) in [6.45, 7) is 4.13. The molecule has 0 saturated carbocycles. The second-order valence-corrected chi connectivity index (χ2v) is 3.97. The van der Waals surface area contributed by atoms with Crippen LogP contribution in [-0.2, 0) is 9.53 Å². The molecule has 0 unspecified atom stereocenters. The first-order valence-corrected chi connectivity index (χ1v) is 5.71. The molecule has 3 heteroatoms. The molecule has 1 aliphatic rings. The number of ether oxygens (including phenoxy) is 1. The third kappa shape index (κ3) is 2.61. The molecule has 17 heavy (non-hydrogen) atoms. The Kier molecular flexibility index (Phi) is 3.38. The largest absolute Gasteiger partial charge is 0.463 e. The first-order valence-electron chi connectivity index (χ1n) is 5.71. The zero-order valence-corrected chi connectivity index (χ0v) is 10.1. The van der Waals surface area contributed by atoms with Crippen LogP contribution in [0.15, 0.2) is 34.8 Å². The predicted octanol–water partition coefficient (Wildman–Crippen LogP) is 3.13. The van der Waals surface area contributed by atoms with Crippen LogP contribution in [0.1, 0.15) is 25.8 Å². The molecule has 0 radical (unpaired) electrons. The first kappa shape index (κ1) is 11.6. The third-order valence-electron chi connectivity index (χ3n) is 2.56. The van der Waals surface area contributed by atoms with Crippen LogP contribution in [0.2, 0.25) is 0 Å². The fourth-order valence-corrected chi connectivity index (χ4v) is 1.83. The van der Waals surface area contributed by atoms with E-state index in [1.54, 1.807) is 0 Å². The highest BCUT2D eigenvalue weighted by atomic mass is 16.5. The number of carbonyl (C=O) groups excluding carboxylic acids is 1. The molecule has 0 aromatic heterocycles. The van der Waals surface area contributed by atoms with Crippen molar-refractivity contribution >= 4 is 23.4 Å². The SMILES string of the molecule is CCOC(=O)C1=Cc2ccccc2N=C(C)C1. The number of hydrogen-bond acceptors (Lipinski definition) is 3. The standard InChI is InChI=1S/C14H15NO2/c1-3-17-14(16)12-8-10(2)15-13-7-5-4-6-11(13)9-12/h4-7,9H,3,8H2,1-2H3. The number of para-hydroxylation sites is 1. The van der Waals surface area contributed by atoms with Gasteiger partial charge in [-0.05, 0) is 26.0 Å². The Bertz CT molecular complexity index is 501. The molecule has 0 bridgehead atoms. The van der Waals surface area contributed by atoms with E-state index >= 15 is 0 Å². The Hall–Kier alpha value is -1.90. The molecule has 0 aliphatic carbocycles. The van der Waals surface area contributed by atoms with Crippen molar-refractivity contribution in [1.82, 2.24) is 0 Å². The second kappa shape index (κ2) is 4.95. The van der Waals surface area contributed by atoms with Crippen molar-refractivity contribution in [1.29, 1.82) is 0 Å². The van der Waals surface area contributed by atoms with Gasteiger partial charge in [-0.15, -0.1) is 0 Å². The molecular weight excluding hydrogens is 214 g/mol. The normalized spacial score (nSPS) is 14.2. The number of rotatable bonds is 2. The van der Waals surface area contributed by atoms with Crippen LogP contribution in [0.25, 0.3) is 6.08 Å². The Morgan fingerprint density at radius 2 is 2.18 bits per heavy atom. The van der Waals surface area contributed by atoms with Crippen molar-refractivity contribution in [2.24, 2.45) is 4.99 Å². The minimum atomic E-state index is -0.251. The molecule has 1 heterocycles.